The summed E-state index contributed by atoms with van der Waals surface area (Å²) in [4.78, 5) is 23.6. The number of rotatable bonds is 8. The molecule has 26 heavy (non-hydrogen) atoms. The topological polar surface area (TPSA) is 89.0 Å². The van der Waals surface area contributed by atoms with Crippen LogP contribution in [0.2, 0.25) is 0 Å². The molecular formula is C19H25N3O4. The molecule has 2 amide bonds. The minimum atomic E-state index is -0.774. The Morgan fingerprint density at radius 3 is 2.69 bits per heavy atom. The molecule has 0 bridgehead atoms. The van der Waals surface area contributed by atoms with Crippen molar-refractivity contribution < 1.29 is 19.1 Å². The number of carbonyl (C=O) groups excluding carboxylic acids is 2. The van der Waals surface area contributed by atoms with Crippen LogP contribution in [0.1, 0.15) is 38.2 Å². The van der Waals surface area contributed by atoms with Crippen molar-refractivity contribution in [2.45, 2.75) is 38.6 Å². The molecule has 1 fully saturated rings. The first-order chi connectivity index (χ1) is 12.6. The van der Waals surface area contributed by atoms with Crippen LogP contribution in [0.4, 0.5) is 0 Å². The van der Waals surface area contributed by atoms with E-state index in [1.807, 2.05) is 6.92 Å². The van der Waals surface area contributed by atoms with Gasteiger partial charge in [0.25, 0.3) is 0 Å². The Morgan fingerprint density at radius 2 is 2.00 bits per heavy atom. The number of amides is 2. The number of nitrogens with one attached hydrogen (secondary N) is 2. The highest BCUT2D eigenvalue weighted by Gasteiger charge is 2.20. The zero-order valence-corrected chi connectivity index (χ0v) is 15.0. The van der Waals surface area contributed by atoms with Gasteiger partial charge in [0.2, 0.25) is 0 Å². The van der Waals surface area contributed by atoms with Crippen LogP contribution in [0.15, 0.2) is 36.0 Å². The van der Waals surface area contributed by atoms with E-state index in [9.17, 15) is 9.59 Å². The molecular weight excluding hydrogens is 334 g/mol. The molecule has 0 unspecified atom stereocenters. The van der Waals surface area contributed by atoms with Crippen molar-refractivity contribution in [1.82, 2.24) is 10.7 Å². The molecule has 0 spiro atoms. The highest BCUT2D eigenvalue weighted by molar-refractivity contribution is 6.35. The monoisotopic (exact) mass is 359 g/mol. The van der Waals surface area contributed by atoms with E-state index in [1.54, 1.807) is 24.3 Å². The van der Waals surface area contributed by atoms with Crippen LogP contribution in [0.3, 0.4) is 0 Å². The zero-order valence-electron chi connectivity index (χ0n) is 15.0. The van der Waals surface area contributed by atoms with Gasteiger partial charge in [-0.15, -0.1) is 0 Å². The number of hydrogen-bond acceptors (Lipinski definition) is 5. The van der Waals surface area contributed by atoms with E-state index in [1.165, 1.54) is 6.21 Å². The Balaban J connectivity index is 1.91. The largest absolute Gasteiger partial charge is 0.490 e. The Bertz CT molecular complexity index is 667. The molecule has 1 aromatic rings. The van der Waals surface area contributed by atoms with Crippen molar-refractivity contribution in [2.24, 2.45) is 5.10 Å². The van der Waals surface area contributed by atoms with E-state index < -0.39 is 11.8 Å². The van der Waals surface area contributed by atoms with Crippen LogP contribution in [-0.2, 0) is 9.59 Å². The van der Waals surface area contributed by atoms with Gasteiger partial charge in [0, 0.05) is 6.04 Å². The maximum atomic E-state index is 11.8. The van der Waals surface area contributed by atoms with E-state index in [2.05, 4.69) is 22.4 Å². The maximum Gasteiger partial charge on any atom is 0.329 e. The molecule has 7 nitrogen and oxygen atoms in total. The predicted molar refractivity (Wildman–Crippen MR) is 99.4 cm³/mol. The minimum absolute atomic E-state index is 0.0918. The molecule has 1 aliphatic carbocycles. The molecule has 0 heterocycles. The van der Waals surface area contributed by atoms with Crippen molar-refractivity contribution in [1.29, 1.82) is 0 Å². The summed E-state index contributed by atoms with van der Waals surface area (Å²) in [6.07, 6.45) is 7.10. The van der Waals surface area contributed by atoms with Gasteiger partial charge in [-0.2, -0.15) is 5.10 Å². The lowest BCUT2D eigenvalue weighted by atomic mass is 10.2. The Labute approximate surface area is 153 Å². The summed E-state index contributed by atoms with van der Waals surface area (Å²) >= 11 is 0. The second-order valence-corrected chi connectivity index (χ2v) is 5.89. The molecule has 0 radical (unpaired) electrons. The first kappa shape index (κ1) is 19.5. The third-order valence-electron chi connectivity index (χ3n) is 3.90. The fourth-order valence-corrected chi connectivity index (χ4v) is 2.68. The molecule has 1 aliphatic rings. The Hall–Kier alpha value is -2.83. The molecule has 2 rings (SSSR count). The van der Waals surface area contributed by atoms with Gasteiger partial charge in [-0.1, -0.05) is 25.5 Å². The van der Waals surface area contributed by atoms with Gasteiger partial charge < -0.3 is 14.8 Å². The van der Waals surface area contributed by atoms with Crippen LogP contribution in [0.5, 0.6) is 11.5 Å². The molecule has 0 aliphatic heterocycles. The first-order valence-corrected chi connectivity index (χ1v) is 8.78. The standard InChI is InChI=1S/C19H25N3O4/c1-3-11-26-16-10-9-14(12-17(16)25-4-2)13-20-22-19(24)18(23)21-15-7-5-6-8-15/h3,9-10,12-13,15H,1,4-8,11H2,2H3,(H,21,23)(H,22,24)/b20-13+. The van der Waals surface area contributed by atoms with E-state index >= 15 is 0 Å². The van der Waals surface area contributed by atoms with E-state index in [0.29, 0.717) is 30.3 Å². The number of hydrazone groups is 1. The van der Waals surface area contributed by atoms with Crippen molar-refractivity contribution in [2.75, 3.05) is 13.2 Å². The quantitative estimate of drug-likeness (QED) is 0.322. The van der Waals surface area contributed by atoms with E-state index in [4.69, 9.17) is 9.47 Å². The molecule has 0 aromatic heterocycles. The second kappa shape index (κ2) is 10.2. The molecule has 2 N–H and O–H groups in total. The van der Waals surface area contributed by atoms with Crippen LogP contribution < -0.4 is 20.2 Å². The number of hydrogen-bond donors (Lipinski definition) is 2. The minimum Gasteiger partial charge on any atom is -0.490 e. The SMILES string of the molecule is C=CCOc1ccc(/C=N/NC(=O)C(=O)NC2CCCC2)cc1OCC. The average Bonchev–Trinajstić information content (AvgIpc) is 3.14. The molecule has 1 aromatic carbocycles. The Morgan fingerprint density at radius 1 is 1.23 bits per heavy atom. The summed E-state index contributed by atoms with van der Waals surface area (Å²) in [5.74, 6) is -0.256. The first-order valence-electron chi connectivity index (χ1n) is 8.78. The summed E-state index contributed by atoms with van der Waals surface area (Å²) in [7, 11) is 0. The van der Waals surface area contributed by atoms with Crippen molar-refractivity contribution in [3.05, 3.63) is 36.4 Å². The lowest BCUT2D eigenvalue weighted by molar-refractivity contribution is -0.139. The molecule has 0 atom stereocenters. The van der Waals surface area contributed by atoms with E-state index in [-0.39, 0.29) is 6.04 Å². The van der Waals surface area contributed by atoms with Gasteiger partial charge in [0.05, 0.1) is 12.8 Å². The van der Waals surface area contributed by atoms with Gasteiger partial charge in [-0.25, -0.2) is 5.43 Å². The summed E-state index contributed by atoms with van der Waals surface area (Å²) in [5, 5.41) is 6.54. The highest BCUT2D eigenvalue weighted by atomic mass is 16.5. The van der Waals surface area contributed by atoms with Crippen molar-refractivity contribution in [3.8, 4) is 11.5 Å². The summed E-state index contributed by atoms with van der Waals surface area (Å²) in [6.45, 7) is 6.35. The zero-order chi connectivity index (χ0) is 18.8. The molecule has 7 heteroatoms. The molecule has 1 saturated carbocycles. The number of nitrogens with zero attached hydrogens (tertiary/aromatic N) is 1. The summed E-state index contributed by atoms with van der Waals surface area (Å²) in [5.41, 5.74) is 2.94. The van der Waals surface area contributed by atoms with Crippen LogP contribution in [0.25, 0.3) is 0 Å². The van der Waals surface area contributed by atoms with Crippen molar-refractivity contribution in [3.63, 3.8) is 0 Å². The lowest BCUT2D eigenvalue weighted by Crippen LogP contribution is -2.42. The smallest absolute Gasteiger partial charge is 0.329 e. The van der Waals surface area contributed by atoms with Gasteiger partial charge in [0.1, 0.15) is 6.61 Å². The van der Waals surface area contributed by atoms with Gasteiger partial charge in [0.15, 0.2) is 11.5 Å². The molecule has 140 valence electrons. The van der Waals surface area contributed by atoms with Crippen LogP contribution >= 0.6 is 0 Å². The predicted octanol–water partition coefficient (Wildman–Crippen LogP) is 2.16. The van der Waals surface area contributed by atoms with Gasteiger partial charge in [-0.3, -0.25) is 9.59 Å². The Kier molecular flexibility index (Phi) is 7.67. The normalized spacial score (nSPS) is 14.2. The number of carbonyl (C=O) groups is 2. The third-order valence-corrected chi connectivity index (χ3v) is 3.90. The maximum absolute atomic E-state index is 11.8. The van der Waals surface area contributed by atoms with Gasteiger partial charge in [-0.05, 0) is 43.5 Å². The van der Waals surface area contributed by atoms with Crippen LogP contribution in [-0.4, -0.2) is 37.3 Å². The number of ether oxygens (including phenoxy) is 2. The van der Waals surface area contributed by atoms with Gasteiger partial charge >= 0.3 is 11.8 Å². The average molecular weight is 359 g/mol. The van der Waals surface area contributed by atoms with Crippen LogP contribution in [0, 0.1) is 0 Å². The van der Waals surface area contributed by atoms with E-state index in [0.717, 1.165) is 25.7 Å². The van der Waals surface area contributed by atoms with Crippen molar-refractivity contribution >= 4 is 18.0 Å². The third kappa shape index (κ3) is 5.91. The highest BCUT2D eigenvalue weighted by Crippen LogP contribution is 2.28. The fourth-order valence-electron chi connectivity index (χ4n) is 2.68. The fraction of sp³-hybridized carbons (Fsp3) is 0.421. The summed E-state index contributed by atoms with van der Waals surface area (Å²) in [6, 6.07) is 5.37. The second-order valence-electron chi connectivity index (χ2n) is 5.89. The summed E-state index contributed by atoms with van der Waals surface area (Å²) < 4.78 is 11.1. The number of benzene rings is 1. The lowest BCUT2D eigenvalue weighted by Gasteiger charge is -2.11. The molecule has 0 saturated heterocycles.